The van der Waals surface area contributed by atoms with Crippen molar-refractivity contribution in [1.82, 2.24) is 0 Å². The molecule has 2 aromatic rings. The van der Waals surface area contributed by atoms with Gasteiger partial charge in [0.25, 0.3) is 0 Å². The first kappa shape index (κ1) is 37.2. The van der Waals surface area contributed by atoms with Crippen LogP contribution in [0.4, 0.5) is 0 Å². The highest BCUT2D eigenvalue weighted by atomic mass is 35.5. The fraction of sp³-hybridized carbons (Fsp3) is 0.629. The molecule has 1 aliphatic heterocycles. The molecule has 0 bridgehead atoms. The minimum Gasteiger partial charge on any atom is -0.494 e. The first-order chi connectivity index (χ1) is 21.8. The van der Waals surface area contributed by atoms with Crippen LogP contribution in [0.5, 0.6) is 5.75 Å². The zero-order valence-electron chi connectivity index (χ0n) is 27.4. The predicted molar refractivity (Wildman–Crippen MR) is 173 cm³/mol. The minimum atomic E-state index is -2.21. The van der Waals surface area contributed by atoms with E-state index in [0.717, 1.165) is 49.0 Å². The van der Waals surface area contributed by atoms with Gasteiger partial charge in [-0.1, -0.05) is 69.8 Å². The number of rotatable bonds is 20. The average molecular weight is 651 g/mol. The molecule has 0 aliphatic carbocycles. The molecule has 0 unspecified atom stereocenters. The zero-order chi connectivity index (χ0) is 32.9. The lowest BCUT2D eigenvalue weighted by molar-refractivity contribution is -0.403. The van der Waals surface area contributed by atoms with Gasteiger partial charge < -0.3 is 38.6 Å². The Morgan fingerprint density at radius 1 is 0.889 bits per heavy atom. The van der Waals surface area contributed by atoms with Crippen molar-refractivity contribution in [3.05, 3.63) is 64.2 Å². The van der Waals surface area contributed by atoms with Crippen LogP contribution in [-0.2, 0) is 40.7 Å². The molecule has 0 radical (unpaired) electrons. The molecule has 252 valence electrons. The molecule has 0 spiro atoms. The fourth-order valence-electron chi connectivity index (χ4n) is 5.58. The second-order valence-electron chi connectivity index (χ2n) is 11.4. The van der Waals surface area contributed by atoms with E-state index in [2.05, 4.69) is 6.92 Å². The summed E-state index contributed by atoms with van der Waals surface area (Å²) in [6.45, 7) is 8.73. The number of unbranched alkanes of at least 4 members (excludes halogenated alkanes) is 3. The van der Waals surface area contributed by atoms with E-state index in [0.29, 0.717) is 43.2 Å². The predicted octanol–water partition coefficient (Wildman–Crippen LogP) is 6.53. The third-order valence-electron chi connectivity index (χ3n) is 8.14. The van der Waals surface area contributed by atoms with Crippen LogP contribution in [0.3, 0.4) is 0 Å². The second kappa shape index (κ2) is 18.2. The van der Waals surface area contributed by atoms with E-state index >= 15 is 0 Å². The molecule has 9 nitrogen and oxygen atoms in total. The van der Waals surface area contributed by atoms with Gasteiger partial charge in [-0.25, -0.2) is 4.79 Å². The molecule has 5 atom stereocenters. The number of halogens is 1. The molecule has 10 heteroatoms. The van der Waals surface area contributed by atoms with E-state index in [1.54, 1.807) is 12.1 Å². The summed E-state index contributed by atoms with van der Waals surface area (Å²) in [5, 5.41) is 22.0. The molecule has 1 fully saturated rings. The minimum absolute atomic E-state index is 0.266. The maximum atomic E-state index is 13.1. The number of hydrogen-bond acceptors (Lipinski definition) is 8. The van der Waals surface area contributed by atoms with Gasteiger partial charge in [-0.2, -0.15) is 0 Å². The molecule has 45 heavy (non-hydrogen) atoms. The standard InChI is InChI=1S/C35H51ClO9/c1-6-10-19-42-30-31(43-20-11-7-2)34(24-37,33(38)39)45-35(40-5,32(30)44-21-12-8-3)27-15-18-29(36)26(23-27)22-25-13-16-28(17-14-25)41-9-4/h13-18,23,30-32,37H,6-12,19-22,24H2,1-5H3,(H,38,39)/t30-,31-,32+,34+,35-/m0/s1. The summed E-state index contributed by atoms with van der Waals surface area (Å²) >= 11 is 6.72. The van der Waals surface area contributed by atoms with Crippen LogP contribution >= 0.6 is 11.6 Å². The van der Waals surface area contributed by atoms with Crippen molar-refractivity contribution >= 4 is 17.6 Å². The SMILES string of the molecule is CCCCO[C@@H]1[C@@H](OCCCC)[C@](OC)(c2ccc(Cl)c(Cc3ccc(OCC)cc3)c2)O[C@@](CO)(C(=O)O)[C@H]1OCCCC. The number of benzene rings is 2. The molecule has 0 amide bonds. The smallest absolute Gasteiger partial charge is 0.341 e. The van der Waals surface area contributed by atoms with Gasteiger partial charge in [0, 0.05) is 37.5 Å². The summed E-state index contributed by atoms with van der Waals surface area (Å²) in [5.41, 5.74) is 0.0669. The van der Waals surface area contributed by atoms with Gasteiger partial charge in [-0.15, -0.1) is 0 Å². The molecule has 1 aliphatic rings. The normalized spacial score (nSPS) is 24.9. The van der Waals surface area contributed by atoms with Crippen molar-refractivity contribution in [1.29, 1.82) is 0 Å². The molecule has 0 saturated carbocycles. The largest absolute Gasteiger partial charge is 0.494 e. The Morgan fingerprint density at radius 3 is 2.02 bits per heavy atom. The van der Waals surface area contributed by atoms with Crippen LogP contribution in [0.25, 0.3) is 0 Å². The summed E-state index contributed by atoms with van der Waals surface area (Å²) in [6, 6.07) is 13.1. The van der Waals surface area contributed by atoms with E-state index in [-0.39, 0.29) is 6.61 Å². The first-order valence-electron chi connectivity index (χ1n) is 16.2. The van der Waals surface area contributed by atoms with Crippen LogP contribution < -0.4 is 4.74 Å². The highest BCUT2D eigenvalue weighted by Crippen LogP contribution is 2.48. The number of carboxylic acid groups (broad SMARTS) is 1. The fourth-order valence-corrected chi connectivity index (χ4v) is 5.76. The lowest BCUT2D eigenvalue weighted by Gasteiger charge is -2.55. The number of methoxy groups -OCH3 is 1. The van der Waals surface area contributed by atoms with Crippen LogP contribution in [0.2, 0.25) is 5.02 Å². The maximum Gasteiger partial charge on any atom is 0.341 e. The molecular formula is C35H51ClO9. The monoisotopic (exact) mass is 650 g/mol. The Balaban J connectivity index is 2.18. The molecule has 0 aromatic heterocycles. The van der Waals surface area contributed by atoms with Crippen LogP contribution in [0.15, 0.2) is 42.5 Å². The number of aliphatic carboxylic acids is 1. The first-order valence-corrected chi connectivity index (χ1v) is 16.6. The summed E-state index contributed by atoms with van der Waals surface area (Å²) < 4.78 is 37.6. The van der Waals surface area contributed by atoms with Gasteiger partial charge in [0.1, 0.15) is 24.1 Å². The van der Waals surface area contributed by atoms with Crippen LogP contribution in [0.1, 0.15) is 82.9 Å². The van der Waals surface area contributed by atoms with E-state index in [9.17, 15) is 15.0 Å². The number of aliphatic hydroxyl groups is 1. The van der Waals surface area contributed by atoms with Gasteiger partial charge in [0.15, 0.2) is 0 Å². The molecule has 3 rings (SSSR count). The second-order valence-corrected chi connectivity index (χ2v) is 11.8. The topological polar surface area (TPSA) is 113 Å². The Bertz CT molecular complexity index is 1180. The number of carboxylic acids is 1. The van der Waals surface area contributed by atoms with Crippen molar-refractivity contribution < 1.29 is 43.4 Å². The quantitative estimate of drug-likeness (QED) is 0.154. The van der Waals surface area contributed by atoms with E-state index in [1.165, 1.54) is 7.11 Å². The Morgan fingerprint density at radius 2 is 1.49 bits per heavy atom. The number of hydrogen-bond donors (Lipinski definition) is 2. The number of aliphatic hydroxyl groups excluding tert-OH is 1. The lowest BCUT2D eigenvalue weighted by Crippen LogP contribution is -2.74. The van der Waals surface area contributed by atoms with Crippen molar-refractivity contribution in [2.24, 2.45) is 0 Å². The molecular weight excluding hydrogens is 600 g/mol. The molecule has 1 heterocycles. The highest BCUT2D eigenvalue weighted by molar-refractivity contribution is 6.31. The number of carbonyl (C=O) groups is 1. The summed E-state index contributed by atoms with van der Waals surface area (Å²) in [6.07, 6.45) is 2.24. The van der Waals surface area contributed by atoms with Gasteiger partial charge in [0.2, 0.25) is 11.4 Å². The molecule has 2 N–H and O–H groups in total. The van der Waals surface area contributed by atoms with Crippen molar-refractivity contribution in [2.75, 3.05) is 40.1 Å². The number of ether oxygens (including phenoxy) is 6. The Labute approximate surface area is 273 Å². The molecule has 2 aromatic carbocycles. The van der Waals surface area contributed by atoms with Crippen LogP contribution in [-0.4, -0.2) is 80.2 Å². The third-order valence-corrected chi connectivity index (χ3v) is 8.51. The Kier molecular flexibility index (Phi) is 15.0. The zero-order valence-corrected chi connectivity index (χ0v) is 28.1. The van der Waals surface area contributed by atoms with Crippen molar-refractivity contribution in [3.63, 3.8) is 0 Å². The third kappa shape index (κ3) is 8.77. The maximum absolute atomic E-state index is 13.1. The average Bonchev–Trinajstić information content (AvgIpc) is 3.04. The van der Waals surface area contributed by atoms with Gasteiger partial charge in [0.05, 0.1) is 13.2 Å². The summed E-state index contributed by atoms with van der Waals surface area (Å²) in [5.74, 6) is -2.39. The van der Waals surface area contributed by atoms with Crippen molar-refractivity contribution in [3.8, 4) is 5.75 Å². The van der Waals surface area contributed by atoms with E-state index < -0.39 is 42.3 Å². The molecule has 1 saturated heterocycles. The van der Waals surface area contributed by atoms with E-state index in [4.69, 9.17) is 40.0 Å². The summed E-state index contributed by atoms with van der Waals surface area (Å²) in [4.78, 5) is 13.1. The van der Waals surface area contributed by atoms with Crippen molar-refractivity contribution in [2.45, 2.75) is 102 Å². The van der Waals surface area contributed by atoms with Crippen LogP contribution in [0, 0.1) is 0 Å². The van der Waals surface area contributed by atoms with E-state index in [1.807, 2.05) is 51.1 Å². The highest BCUT2D eigenvalue weighted by Gasteiger charge is 2.67. The van der Waals surface area contributed by atoms with Gasteiger partial charge in [-0.05, 0) is 68.0 Å². The van der Waals surface area contributed by atoms with Gasteiger partial charge >= 0.3 is 5.97 Å². The lowest BCUT2D eigenvalue weighted by atomic mass is 9.80. The Hall–Kier alpha value is -2.24. The van der Waals surface area contributed by atoms with Gasteiger partial charge in [-0.3, -0.25) is 0 Å². The summed E-state index contributed by atoms with van der Waals surface area (Å²) in [7, 11) is 1.45.